The summed E-state index contributed by atoms with van der Waals surface area (Å²) in [6.45, 7) is 2.05. The molecule has 0 spiro atoms. The molecule has 0 atom stereocenters. The normalized spacial score (nSPS) is 10.4. The number of aromatic nitrogens is 1. The minimum absolute atomic E-state index is 0.123. The summed E-state index contributed by atoms with van der Waals surface area (Å²) in [5, 5.41) is 3.51. The minimum atomic E-state index is -0.466. The zero-order valence-corrected chi connectivity index (χ0v) is 17.3. The van der Waals surface area contributed by atoms with E-state index >= 15 is 0 Å². The Balaban J connectivity index is 1.49. The lowest BCUT2D eigenvalue weighted by molar-refractivity contribution is -0.116. The van der Waals surface area contributed by atoms with E-state index < -0.39 is 5.97 Å². The van der Waals surface area contributed by atoms with E-state index in [2.05, 4.69) is 10.3 Å². The highest BCUT2D eigenvalue weighted by Gasteiger charge is 2.18. The molecule has 0 saturated heterocycles. The highest BCUT2D eigenvalue weighted by molar-refractivity contribution is 7.17. The van der Waals surface area contributed by atoms with Crippen LogP contribution in [0.2, 0.25) is 5.02 Å². The number of rotatable bonds is 8. The Morgan fingerprint density at radius 1 is 1.10 bits per heavy atom. The van der Waals surface area contributed by atoms with Crippen molar-refractivity contribution in [3.05, 3.63) is 75.8 Å². The number of hydrogen-bond donors (Lipinski definition) is 1. The number of esters is 1. The lowest BCUT2D eigenvalue weighted by atomic mass is 10.2. The molecule has 8 heteroatoms. The van der Waals surface area contributed by atoms with Gasteiger partial charge in [0, 0.05) is 0 Å². The molecule has 0 fully saturated rings. The first-order valence-electron chi connectivity index (χ1n) is 8.88. The fourth-order valence-electron chi connectivity index (χ4n) is 2.43. The summed E-state index contributed by atoms with van der Waals surface area (Å²) in [5.74, 6) is -0.211. The van der Waals surface area contributed by atoms with Crippen molar-refractivity contribution in [1.29, 1.82) is 0 Å². The predicted molar refractivity (Wildman–Crippen MR) is 113 cm³/mol. The number of nitrogens with one attached hydrogen (secondary N) is 1. The molecule has 0 bridgehead atoms. The number of anilines is 1. The van der Waals surface area contributed by atoms with E-state index in [-0.39, 0.29) is 25.5 Å². The highest BCUT2D eigenvalue weighted by Crippen LogP contribution is 2.25. The van der Waals surface area contributed by atoms with Gasteiger partial charge < -0.3 is 14.8 Å². The van der Waals surface area contributed by atoms with Crippen molar-refractivity contribution in [1.82, 2.24) is 4.98 Å². The second-order valence-corrected chi connectivity index (χ2v) is 7.48. The van der Waals surface area contributed by atoms with Crippen LogP contribution in [0.3, 0.4) is 0 Å². The molecule has 0 aliphatic carbocycles. The van der Waals surface area contributed by atoms with Crippen molar-refractivity contribution in [3.63, 3.8) is 0 Å². The van der Waals surface area contributed by atoms with Crippen molar-refractivity contribution in [2.75, 3.05) is 11.9 Å². The second kappa shape index (κ2) is 10.0. The molecule has 1 N–H and O–H groups in total. The van der Waals surface area contributed by atoms with Crippen LogP contribution in [-0.2, 0) is 16.1 Å². The van der Waals surface area contributed by atoms with Crippen molar-refractivity contribution >= 4 is 39.9 Å². The SMILES string of the molecule is Cc1nc(NC(=O)CCOc2ccccc2Cl)sc1C(=O)OCc1ccccc1. The Morgan fingerprint density at radius 2 is 1.83 bits per heavy atom. The Morgan fingerprint density at radius 3 is 2.59 bits per heavy atom. The topological polar surface area (TPSA) is 77.5 Å². The second-order valence-electron chi connectivity index (χ2n) is 6.07. The first-order valence-corrected chi connectivity index (χ1v) is 10.1. The number of amides is 1. The summed E-state index contributed by atoms with van der Waals surface area (Å²) in [6, 6.07) is 16.5. The van der Waals surface area contributed by atoms with Crippen LogP contribution < -0.4 is 10.1 Å². The van der Waals surface area contributed by atoms with Crippen LogP contribution >= 0.6 is 22.9 Å². The summed E-state index contributed by atoms with van der Waals surface area (Å²) in [5.41, 5.74) is 1.41. The number of ether oxygens (including phenoxy) is 2. The number of aryl methyl sites for hydroxylation is 1. The fraction of sp³-hybridized carbons (Fsp3) is 0.190. The van der Waals surface area contributed by atoms with E-state index in [1.165, 1.54) is 0 Å². The molecule has 3 rings (SSSR count). The third-order valence-corrected chi connectivity index (χ3v) is 5.23. The average Bonchev–Trinajstić information content (AvgIpc) is 3.08. The molecule has 150 valence electrons. The summed E-state index contributed by atoms with van der Waals surface area (Å²) in [7, 11) is 0. The minimum Gasteiger partial charge on any atom is -0.491 e. The van der Waals surface area contributed by atoms with Gasteiger partial charge in [-0.25, -0.2) is 9.78 Å². The number of carbonyl (C=O) groups is 2. The van der Waals surface area contributed by atoms with Gasteiger partial charge in [0.05, 0.1) is 23.7 Å². The lowest BCUT2D eigenvalue weighted by Crippen LogP contribution is -2.15. The van der Waals surface area contributed by atoms with Gasteiger partial charge in [-0.3, -0.25) is 4.79 Å². The van der Waals surface area contributed by atoms with E-state index in [9.17, 15) is 9.59 Å². The lowest BCUT2D eigenvalue weighted by Gasteiger charge is -2.07. The van der Waals surface area contributed by atoms with Crippen LogP contribution in [0.25, 0.3) is 0 Å². The van der Waals surface area contributed by atoms with Gasteiger partial charge in [-0.15, -0.1) is 0 Å². The van der Waals surface area contributed by atoms with Crippen molar-refractivity contribution < 1.29 is 19.1 Å². The van der Waals surface area contributed by atoms with Crippen molar-refractivity contribution in [2.45, 2.75) is 20.0 Å². The largest absolute Gasteiger partial charge is 0.491 e. The average molecular weight is 431 g/mol. The van der Waals surface area contributed by atoms with Crippen molar-refractivity contribution in [2.24, 2.45) is 0 Å². The maximum atomic E-state index is 12.3. The summed E-state index contributed by atoms with van der Waals surface area (Å²) >= 11 is 7.09. The van der Waals surface area contributed by atoms with E-state index in [1.54, 1.807) is 31.2 Å². The number of nitrogens with zero attached hydrogens (tertiary/aromatic N) is 1. The highest BCUT2D eigenvalue weighted by atomic mass is 35.5. The predicted octanol–water partition coefficient (Wildman–Crippen LogP) is 4.87. The Labute approximate surface area is 177 Å². The Hall–Kier alpha value is -2.90. The zero-order valence-electron chi connectivity index (χ0n) is 15.7. The van der Waals surface area contributed by atoms with E-state index in [0.29, 0.717) is 26.5 Å². The molecule has 6 nitrogen and oxygen atoms in total. The first kappa shape index (κ1) is 20.8. The molecule has 29 heavy (non-hydrogen) atoms. The van der Waals surface area contributed by atoms with Gasteiger partial charge in [-0.05, 0) is 24.6 Å². The smallest absolute Gasteiger partial charge is 0.350 e. The molecule has 0 saturated carbocycles. The van der Waals surface area contributed by atoms with Crippen LogP contribution in [0.1, 0.15) is 27.3 Å². The number of carbonyl (C=O) groups excluding carboxylic acids is 2. The number of benzene rings is 2. The summed E-state index contributed by atoms with van der Waals surface area (Å²) in [4.78, 5) is 29.0. The monoisotopic (exact) mass is 430 g/mol. The van der Waals surface area contributed by atoms with Crippen LogP contribution in [0.15, 0.2) is 54.6 Å². The molecule has 0 aliphatic heterocycles. The van der Waals surface area contributed by atoms with Crippen LogP contribution in [0.5, 0.6) is 5.75 Å². The van der Waals surface area contributed by atoms with Gasteiger partial charge in [-0.2, -0.15) is 0 Å². The molecule has 3 aromatic rings. The zero-order chi connectivity index (χ0) is 20.6. The number of halogens is 1. The van der Waals surface area contributed by atoms with Gasteiger partial charge >= 0.3 is 5.97 Å². The van der Waals surface area contributed by atoms with Crippen LogP contribution in [0.4, 0.5) is 5.13 Å². The van der Waals surface area contributed by atoms with Gasteiger partial charge in [0.1, 0.15) is 17.2 Å². The van der Waals surface area contributed by atoms with E-state index in [4.69, 9.17) is 21.1 Å². The molecule has 0 radical (unpaired) electrons. The molecule has 0 aliphatic rings. The van der Waals surface area contributed by atoms with Gasteiger partial charge in [-0.1, -0.05) is 65.4 Å². The quantitative estimate of drug-likeness (QED) is 0.516. The van der Waals surface area contributed by atoms with E-state index in [1.807, 2.05) is 30.3 Å². The van der Waals surface area contributed by atoms with E-state index in [0.717, 1.165) is 16.9 Å². The molecule has 1 aromatic heterocycles. The Kier molecular flexibility index (Phi) is 7.21. The number of para-hydroxylation sites is 1. The van der Waals surface area contributed by atoms with Gasteiger partial charge in [0.25, 0.3) is 0 Å². The third-order valence-electron chi connectivity index (χ3n) is 3.86. The molecule has 2 aromatic carbocycles. The maximum Gasteiger partial charge on any atom is 0.350 e. The molecule has 0 unspecified atom stereocenters. The third kappa shape index (κ3) is 6.04. The standard InChI is InChI=1S/C21H19ClN2O4S/c1-14-19(20(26)28-13-15-7-3-2-4-8-15)29-21(23-14)24-18(25)11-12-27-17-10-6-5-9-16(17)22/h2-10H,11-13H2,1H3,(H,23,24,25). The fourth-order valence-corrected chi connectivity index (χ4v) is 3.49. The molecule has 1 heterocycles. The molecular formula is C21H19ClN2O4S. The van der Waals surface area contributed by atoms with Gasteiger partial charge in [0.15, 0.2) is 5.13 Å². The summed E-state index contributed by atoms with van der Waals surface area (Å²) < 4.78 is 10.8. The molecule has 1 amide bonds. The maximum absolute atomic E-state index is 12.3. The Bertz CT molecular complexity index is 991. The first-order chi connectivity index (χ1) is 14.0. The number of hydrogen-bond acceptors (Lipinski definition) is 6. The number of thiazole rings is 1. The van der Waals surface area contributed by atoms with Crippen LogP contribution in [-0.4, -0.2) is 23.5 Å². The molecular weight excluding hydrogens is 412 g/mol. The van der Waals surface area contributed by atoms with Crippen molar-refractivity contribution in [3.8, 4) is 5.75 Å². The van der Waals surface area contributed by atoms with Crippen LogP contribution in [0, 0.1) is 6.92 Å². The summed E-state index contributed by atoms with van der Waals surface area (Å²) in [6.07, 6.45) is 0.123. The van der Waals surface area contributed by atoms with Gasteiger partial charge in [0.2, 0.25) is 5.91 Å².